The van der Waals surface area contributed by atoms with Crippen LogP contribution >= 0.6 is 0 Å². The number of rotatable bonds is 9. The second-order valence-corrected chi connectivity index (χ2v) is 11.2. The van der Waals surface area contributed by atoms with Crippen LogP contribution in [-0.2, 0) is 19.4 Å². The van der Waals surface area contributed by atoms with Gasteiger partial charge in [0.2, 0.25) is 20.7 Å². The maximum absolute atomic E-state index is 14.2. The summed E-state index contributed by atoms with van der Waals surface area (Å²) in [5.41, 5.74) is 5.87. The first kappa shape index (κ1) is 26.3. The molecule has 2 aromatic heterocycles. The van der Waals surface area contributed by atoms with E-state index in [0.29, 0.717) is 37.3 Å². The Labute approximate surface area is 223 Å². The molecule has 3 unspecified atom stereocenters. The molecule has 3 heterocycles. The van der Waals surface area contributed by atoms with Crippen LogP contribution in [0, 0.1) is 16.0 Å². The molecule has 5 rings (SSSR count). The number of anilines is 1. The molecule has 2 aliphatic rings. The summed E-state index contributed by atoms with van der Waals surface area (Å²) in [7, 11) is -4.63. The molecule has 5 N–H and O–H groups in total. The Morgan fingerprint density at radius 3 is 2.90 bits per heavy atom. The number of allylic oxidation sites excluding steroid dienone is 2. The zero-order chi connectivity index (χ0) is 27.6. The fourth-order valence-corrected chi connectivity index (χ4v) is 6.49. The van der Waals surface area contributed by atoms with Crippen LogP contribution in [0.25, 0.3) is 11.0 Å². The Balaban J connectivity index is 1.55. The predicted molar refractivity (Wildman–Crippen MR) is 142 cm³/mol. The van der Waals surface area contributed by atoms with Gasteiger partial charge in [-0.2, -0.15) is 0 Å². The van der Waals surface area contributed by atoms with Gasteiger partial charge in [0.05, 0.1) is 29.2 Å². The number of aromatic nitrogens is 2. The van der Waals surface area contributed by atoms with Crippen LogP contribution in [0.4, 0.5) is 11.4 Å². The Hall–Kier alpha value is -4.27. The second kappa shape index (κ2) is 10.5. The monoisotopic (exact) mass is 554 g/mol. The molecule has 1 fully saturated rings. The van der Waals surface area contributed by atoms with E-state index in [1.54, 1.807) is 18.3 Å². The van der Waals surface area contributed by atoms with Crippen molar-refractivity contribution in [1.29, 1.82) is 0 Å². The van der Waals surface area contributed by atoms with Crippen LogP contribution < -0.4 is 21.1 Å². The van der Waals surface area contributed by atoms with Gasteiger partial charge in [-0.25, -0.2) is 13.4 Å². The molecule has 0 spiro atoms. The SMILES string of the molecule is NC(=O)C1C=CC=CC1(Oc1cnc2[nH]ccc2c1)S(=O)(=O)c1ccc(NCC2COCCN2)c([N+](=O)[O-])c1. The molecule has 0 bridgehead atoms. The molecular weight excluding hydrogens is 528 g/mol. The lowest BCUT2D eigenvalue weighted by Gasteiger charge is -2.36. The minimum absolute atomic E-state index is 0.0619. The number of hydrogen-bond acceptors (Lipinski definition) is 10. The van der Waals surface area contributed by atoms with Crippen LogP contribution in [0.2, 0.25) is 0 Å². The van der Waals surface area contributed by atoms with Crippen LogP contribution in [-0.4, -0.2) is 66.5 Å². The number of ether oxygens (including phenoxy) is 2. The number of nitrogens with one attached hydrogen (secondary N) is 3. The third-order valence-corrected chi connectivity index (χ3v) is 8.76. The first-order valence-electron chi connectivity index (χ1n) is 12.1. The summed E-state index contributed by atoms with van der Waals surface area (Å²) in [6.07, 6.45) is 8.42. The summed E-state index contributed by atoms with van der Waals surface area (Å²) in [5.74, 6) is -2.33. The average molecular weight is 555 g/mol. The minimum atomic E-state index is -4.63. The first-order chi connectivity index (χ1) is 18.7. The van der Waals surface area contributed by atoms with Gasteiger partial charge in [-0.3, -0.25) is 14.9 Å². The molecule has 0 saturated carbocycles. The van der Waals surface area contributed by atoms with Gasteiger partial charge in [-0.1, -0.05) is 18.2 Å². The van der Waals surface area contributed by atoms with Gasteiger partial charge >= 0.3 is 0 Å². The number of carbonyl (C=O) groups excluding carboxylic acids is 1. The highest BCUT2D eigenvalue weighted by atomic mass is 32.2. The number of nitro benzene ring substituents is 1. The lowest BCUT2D eigenvalue weighted by molar-refractivity contribution is -0.384. The van der Waals surface area contributed by atoms with Crippen molar-refractivity contribution in [3.8, 4) is 5.75 Å². The topological polar surface area (TPSA) is 192 Å². The lowest BCUT2D eigenvalue weighted by atomic mass is 9.96. The van der Waals surface area contributed by atoms with E-state index in [1.165, 1.54) is 42.6 Å². The van der Waals surface area contributed by atoms with Crippen molar-refractivity contribution in [2.24, 2.45) is 11.7 Å². The molecule has 204 valence electrons. The fourth-order valence-electron chi connectivity index (χ4n) is 4.61. The van der Waals surface area contributed by atoms with E-state index < -0.39 is 42.1 Å². The Kier molecular flexibility index (Phi) is 7.08. The molecule has 14 heteroatoms. The molecule has 1 aromatic carbocycles. The van der Waals surface area contributed by atoms with Crippen LogP contribution in [0.3, 0.4) is 0 Å². The zero-order valence-corrected chi connectivity index (χ0v) is 21.4. The van der Waals surface area contributed by atoms with Gasteiger partial charge in [-0.15, -0.1) is 0 Å². The quantitative estimate of drug-likeness (QED) is 0.223. The zero-order valence-electron chi connectivity index (χ0n) is 20.6. The van der Waals surface area contributed by atoms with Crippen LogP contribution in [0.15, 0.2) is 71.9 Å². The van der Waals surface area contributed by atoms with Gasteiger partial charge in [0.15, 0.2) is 0 Å². The summed E-state index contributed by atoms with van der Waals surface area (Å²) >= 11 is 0. The van der Waals surface area contributed by atoms with Crippen molar-refractivity contribution in [2.75, 3.05) is 31.6 Å². The molecular formula is C25H26N6O7S. The van der Waals surface area contributed by atoms with E-state index in [-0.39, 0.29) is 17.5 Å². The molecule has 3 aromatic rings. The lowest BCUT2D eigenvalue weighted by Crippen LogP contribution is -2.53. The predicted octanol–water partition coefficient (Wildman–Crippen LogP) is 1.65. The van der Waals surface area contributed by atoms with E-state index in [9.17, 15) is 23.3 Å². The van der Waals surface area contributed by atoms with Crippen LogP contribution in [0.5, 0.6) is 5.75 Å². The highest BCUT2D eigenvalue weighted by Crippen LogP contribution is 2.41. The number of pyridine rings is 1. The third kappa shape index (κ3) is 4.96. The minimum Gasteiger partial charge on any atom is -0.464 e. The number of nitro groups is 1. The Bertz CT molecular complexity index is 1580. The van der Waals surface area contributed by atoms with Crippen LogP contribution in [0.1, 0.15) is 0 Å². The van der Waals surface area contributed by atoms with Gasteiger partial charge in [0, 0.05) is 36.8 Å². The normalized spacial score (nSPS) is 23.0. The number of morpholine rings is 1. The molecule has 1 aliphatic carbocycles. The van der Waals surface area contributed by atoms with E-state index >= 15 is 0 Å². The fraction of sp³-hybridized carbons (Fsp3) is 0.280. The van der Waals surface area contributed by atoms with E-state index in [0.717, 1.165) is 6.07 Å². The highest BCUT2D eigenvalue weighted by molar-refractivity contribution is 7.93. The van der Waals surface area contributed by atoms with Crippen molar-refractivity contribution >= 4 is 38.2 Å². The maximum atomic E-state index is 14.2. The van der Waals surface area contributed by atoms with Gasteiger partial charge < -0.3 is 30.8 Å². The summed E-state index contributed by atoms with van der Waals surface area (Å²) in [4.78, 5) is 28.2. The number of aromatic amines is 1. The number of benzene rings is 1. The molecule has 1 aliphatic heterocycles. The number of fused-ring (bicyclic) bond motifs is 1. The van der Waals surface area contributed by atoms with E-state index in [4.69, 9.17) is 15.2 Å². The summed E-state index contributed by atoms with van der Waals surface area (Å²) in [5, 5.41) is 18.8. The first-order valence-corrected chi connectivity index (χ1v) is 13.6. The molecule has 1 amide bonds. The Morgan fingerprint density at radius 1 is 1.31 bits per heavy atom. The third-order valence-electron chi connectivity index (χ3n) is 6.57. The van der Waals surface area contributed by atoms with Gasteiger partial charge in [-0.05, 0) is 30.3 Å². The van der Waals surface area contributed by atoms with Gasteiger partial charge in [0.1, 0.15) is 23.0 Å². The Morgan fingerprint density at radius 2 is 2.15 bits per heavy atom. The number of hydrogen-bond donors (Lipinski definition) is 4. The van der Waals surface area contributed by atoms with E-state index in [1.807, 2.05) is 0 Å². The summed E-state index contributed by atoms with van der Waals surface area (Å²) in [6.45, 7) is 2.00. The summed E-state index contributed by atoms with van der Waals surface area (Å²) in [6, 6.07) is 6.72. The number of sulfone groups is 1. The summed E-state index contributed by atoms with van der Waals surface area (Å²) < 4.78 is 39.9. The number of nitrogens with zero attached hydrogens (tertiary/aromatic N) is 2. The molecule has 3 atom stereocenters. The average Bonchev–Trinajstić information content (AvgIpc) is 3.40. The number of amides is 1. The van der Waals surface area contributed by atoms with Crippen molar-refractivity contribution in [2.45, 2.75) is 15.9 Å². The van der Waals surface area contributed by atoms with Crippen molar-refractivity contribution in [1.82, 2.24) is 15.3 Å². The number of nitrogens with two attached hydrogens (primary N) is 1. The van der Waals surface area contributed by atoms with Gasteiger partial charge in [0.25, 0.3) is 5.69 Å². The van der Waals surface area contributed by atoms with Crippen molar-refractivity contribution < 1.29 is 27.6 Å². The molecule has 39 heavy (non-hydrogen) atoms. The standard InChI is InChI=1S/C25H26N6O7S/c26-23(32)20-3-1-2-7-25(20,38-18-11-16-6-8-28-24(16)30-14-18)39(35,36)19-4-5-21(22(12-19)31(33)34)29-13-17-15-37-10-9-27-17/h1-8,11-12,14,17,20,27,29H,9-10,13,15H2,(H2,26,32)(H,28,30). The van der Waals surface area contributed by atoms with E-state index in [2.05, 4.69) is 20.6 Å². The highest BCUT2D eigenvalue weighted by Gasteiger charge is 2.54. The largest absolute Gasteiger partial charge is 0.464 e. The number of H-pyrrole nitrogens is 1. The van der Waals surface area contributed by atoms with Crippen molar-refractivity contribution in [3.63, 3.8) is 0 Å². The second-order valence-electron chi connectivity index (χ2n) is 9.08. The maximum Gasteiger partial charge on any atom is 0.293 e. The number of carbonyl (C=O) groups is 1. The van der Waals surface area contributed by atoms with Crippen molar-refractivity contribution in [3.05, 3.63) is 77.1 Å². The number of primary amides is 1. The molecule has 0 radical (unpaired) electrons. The molecule has 13 nitrogen and oxygen atoms in total. The smallest absolute Gasteiger partial charge is 0.293 e. The molecule has 1 saturated heterocycles.